The van der Waals surface area contributed by atoms with Gasteiger partial charge >= 0.3 is 0 Å². The zero-order valence-corrected chi connectivity index (χ0v) is 16.0. The molecule has 0 bridgehead atoms. The van der Waals surface area contributed by atoms with Crippen LogP contribution in [0.3, 0.4) is 0 Å². The first-order valence-corrected chi connectivity index (χ1v) is 10.0. The van der Waals surface area contributed by atoms with E-state index in [0.717, 1.165) is 34.9 Å². The Labute approximate surface area is 154 Å². The highest BCUT2D eigenvalue weighted by Crippen LogP contribution is 2.29. The lowest BCUT2D eigenvalue weighted by Gasteiger charge is -2.23. The van der Waals surface area contributed by atoms with Gasteiger partial charge in [0.1, 0.15) is 0 Å². The quantitative estimate of drug-likeness (QED) is 0.557. The Morgan fingerprint density at radius 1 is 1.16 bits per heavy atom. The summed E-state index contributed by atoms with van der Waals surface area (Å²) < 4.78 is 0. The van der Waals surface area contributed by atoms with Gasteiger partial charge in [0.25, 0.3) is 0 Å². The third kappa shape index (κ3) is 4.60. The molecule has 25 heavy (non-hydrogen) atoms. The van der Waals surface area contributed by atoms with E-state index in [1.807, 2.05) is 38.3 Å². The third-order valence-corrected chi connectivity index (χ3v) is 5.22. The maximum atomic E-state index is 12.8. The molecule has 5 heteroatoms. The highest BCUT2D eigenvalue weighted by Gasteiger charge is 2.32. The van der Waals surface area contributed by atoms with Crippen LogP contribution in [0.1, 0.15) is 41.8 Å². The highest BCUT2D eigenvalue weighted by atomic mass is 32.2. The molecule has 1 aliphatic carbocycles. The van der Waals surface area contributed by atoms with Crippen molar-refractivity contribution >= 4 is 17.7 Å². The minimum atomic E-state index is 0.235. The van der Waals surface area contributed by atoms with Gasteiger partial charge in [-0.15, -0.1) is 0 Å². The van der Waals surface area contributed by atoms with Gasteiger partial charge in [-0.05, 0) is 50.5 Å². The first-order valence-electron chi connectivity index (χ1n) is 8.80. The Kier molecular flexibility index (Phi) is 5.74. The van der Waals surface area contributed by atoms with Gasteiger partial charge in [-0.25, -0.2) is 9.97 Å². The van der Waals surface area contributed by atoms with Gasteiger partial charge in [-0.1, -0.05) is 42.1 Å². The second kappa shape index (κ2) is 8.00. The molecule has 1 amide bonds. The van der Waals surface area contributed by atoms with E-state index in [0.29, 0.717) is 25.4 Å². The van der Waals surface area contributed by atoms with E-state index in [-0.39, 0.29) is 5.91 Å². The van der Waals surface area contributed by atoms with Crippen molar-refractivity contribution in [3.8, 4) is 0 Å². The molecule has 132 valence electrons. The fourth-order valence-electron chi connectivity index (χ4n) is 3.12. The Hall–Kier alpha value is -1.88. The van der Waals surface area contributed by atoms with E-state index >= 15 is 0 Å². The molecular weight excluding hydrogens is 330 g/mol. The second-order valence-corrected chi connectivity index (χ2v) is 7.37. The lowest BCUT2D eigenvalue weighted by Crippen LogP contribution is -2.32. The van der Waals surface area contributed by atoms with E-state index < -0.39 is 0 Å². The molecule has 0 saturated heterocycles. The molecule has 3 rings (SSSR count). The van der Waals surface area contributed by atoms with Crippen molar-refractivity contribution in [2.45, 2.75) is 57.3 Å². The molecule has 2 aromatic rings. The van der Waals surface area contributed by atoms with Crippen LogP contribution in [0, 0.1) is 13.8 Å². The topological polar surface area (TPSA) is 46.1 Å². The summed E-state index contributed by atoms with van der Waals surface area (Å²) in [6, 6.07) is 10.7. The van der Waals surface area contributed by atoms with Gasteiger partial charge in [0.15, 0.2) is 5.16 Å². The minimum absolute atomic E-state index is 0.235. The number of benzene rings is 1. The molecule has 1 saturated carbocycles. The van der Waals surface area contributed by atoms with Gasteiger partial charge in [-0.3, -0.25) is 4.79 Å². The van der Waals surface area contributed by atoms with E-state index in [4.69, 9.17) is 0 Å². The van der Waals surface area contributed by atoms with Gasteiger partial charge in [0.05, 0.1) is 0 Å². The summed E-state index contributed by atoms with van der Waals surface area (Å²) in [5.74, 6) is 0.235. The van der Waals surface area contributed by atoms with Crippen molar-refractivity contribution in [3.63, 3.8) is 0 Å². The summed E-state index contributed by atoms with van der Waals surface area (Å²) in [5, 5.41) is 0.800. The first kappa shape index (κ1) is 17.9. The predicted octanol–water partition coefficient (Wildman–Crippen LogP) is 3.94. The lowest BCUT2D eigenvalue weighted by molar-refractivity contribution is -0.132. The van der Waals surface area contributed by atoms with Crippen LogP contribution in [0.5, 0.6) is 0 Å². The fourth-order valence-corrected chi connectivity index (χ4v) is 3.58. The lowest BCUT2D eigenvalue weighted by atomic mass is 10.1. The molecule has 0 N–H and O–H groups in total. The summed E-state index contributed by atoms with van der Waals surface area (Å²) in [5.41, 5.74) is 4.29. The standard InChI is InChI=1S/C20H25N3OS/c1-14-18(15(2)22-20(21-14)25-3)11-12-19(24)23(17-9-10-17)13-16-7-5-4-6-8-16/h4-8,17H,9-13H2,1-3H3. The number of rotatable bonds is 7. The number of hydrogen-bond acceptors (Lipinski definition) is 4. The first-order chi connectivity index (χ1) is 12.1. The maximum absolute atomic E-state index is 12.8. The molecule has 1 aliphatic rings. The number of carbonyl (C=O) groups is 1. The van der Waals surface area contributed by atoms with Crippen molar-refractivity contribution in [2.24, 2.45) is 0 Å². The number of aromatic nitrogens is 2. The van der Waals surface area contributed by atoms with Crippen LogP contribution in [-0.4, -0.2) is 33.1 Å². The molecular formula is C20H25N3OS. The van der Waals surface area contributed by atoms with Crippen LogP contribution >= 0.6 is 11.8 Å². The second-order valence-electron chi connectivity index (χ2n) is 6.60. The fraction of sp³-hybridized carbons (Fsp3) is 0.450. The molecule has 0 aliphatic heterocycles. The third-order valence-electron chi connectivity index (χ3n) is 4.68. The van der Waals surface area contributed by atoms with Gasteiger partial charge < -0.3 is 4.90 Å². The predicted molar refractivity (Wildman–Crippen MR) is 102 cm³/mol. The highest BCUT2D eigenvalue weighted by molar-refractivity contribution is 7.98. The van der Waals surface area contributed by atoms with Crippen molar-refractivity contribution in [3.05, 3.63) is 52.8 Å². The van der Waals surface area contributed by atoms with E-state index in [9.17, 15) is 4.79 Å². The Balaban J connectivity index is 1.66. The SMILES string of the molecule is CSc1nc(C)c(CCC(=O)N(Cc2ccccc2)C2CC2)c(C)n1. The van der Waals surface area contributed by atoms with E-state index in [2.05, 4.69) is 27.0 Å². The van der Waals surface area contributed by atoms with Gasteiger partial charge in [0.2, 0.25) is 5.91 Å². The number of thioether (sulfide) groups is 1. The van der Waals surface area contributed by atoms with Crippen LogP contribution in [0.15, 0.2) is 35.5 Å². The molecule has 0 atom stereocenters. The van der Waals surface area contributed by atoms with Crippen LogP contribution in [0.25, 0.3) is 0 Å². The van der Waals surface area contributed by atoms with Gasteiger partial charge in [-0.2, -0.15) is 0 Å². The number of carbonyl (C=O) groups excluding carboxylic acids is 1. The van der Waals surface area contributed by atoms with Gasteiger partial charge in [0, 0.05) is 30.4 Å². The summed E-state index contributed by atoms with van der Waals surface area (Å²) >= 11 is 1.55. The summed E-state index contributed by atoms with van der Waals surface area (Å²) in [6.45, 7) is 4.73. The number of amides is 1. The molecule has 0 spiro atoms. The Bertz CT molecular complexity index is 721. The molecule has 1 fully saturated rings. The molecule has 4 nitrogen and oxygen atoms in total. The Morgan fingerprint density at radius 3 is 2.36 bits per heavy atom. The monoisotopic (exact) mass is 355 g/mol. The van der Waals surface area contributed by atoms with Crippen molar-refractivity contribution in [1.29, 1.82) is 0 Å². The maximum Gasteiger partial charge on any atom is 0.223 e. The normalized spacial score (nSPS) is 13.7. The van der Waals surface area contributed by atoms with Crippen LogP contribution in [-0.2, 0) is 17.8 Å². The average Bonchev–Trinajstić information content (AvgIpc) is 3.44. The average molecular weight is 356 g/mol. The summed E-state index contributed by atoms with van der Waals surface area (Å²) in [4.78, 5) is 23.9. The smallest absolute Gasteiger partial charge is 0.223 e. The summed E-state index contributed by atoms with van der Waals surface area (Å²) in [6.07, 6.45) is 5.47. The molecule has 0 radical (unpaired) electrons. The van der Waals surface area contributed by atoms with Crippen LogP contribution in [0.2, 0.25) is 0 Å². The Morgan fingerprint density at radius 2 is 1.80 bits per heavy atom. The van der Waals surface area contributed by atoms with E-state index in [1.165, 1.54) is 5.56 Å². The number of hydrogen-bond donors (Lipinski definition) is 0. The molecule has 1 heterocycles. The molecule has 1 aromatic carbocycles. The van der Waals surface area contributed by atoms with Crippen molar-refractivity contribution < 1.29 is 4.79 Å². The minimum Gasteiger partial charge on any atom is -0.335 e. The number of aryl methyl sites for hydroxylation is 2. The largest absolute Gasteiger partial charge is 0.335 e. The summed E-state index contributed by atoms with van der Waals surface area (Å²) in [7, 11) is 0. The van der Waals surface area contributed by atoms with Crippen LogP contribution < -0.4 is 0 Å². The zero-order valence-electron chi connectivity index (χ0n) is 15.2. The zero-order chi connectivity index (χ0) is 17.8. The van der Waals surface area contributed by atoms with Crippen LogP contribution in [0.4, 0.5) is 0 Å². The molecule has 0 unspecified atom stereocenters. The van der Waals surface area contributed by atoms with Crippen molar-refractivity contribution in [1.82, 2.24) is 14.9 Å². The molecule has 1 aromatic heterocycles. The van der Waals surface area contributed by atoms with E-state index in [1.54, 1.807) is 11.8 Å². The number of nitrogens with zero attached hydrogens (tertiary/aromatic N) is 3. The van der Waals surface area contributed by atoms with Crippen molar-refractivity contribution in [2.75, 3.05) is 6.26 Å².